The van der Waals surface area contributed by atoms with Gasteiger partial charge in [-0.1, -0.05) is 6.07 Å². The summed E-state index contributed by atoms with van der Waals surface area (Å²) in [5, 5.41) is 8.75. The molecule has 4 aromatic heterocycles. The van der Waals surface area contributed by atoms with Gasteiger partial charge in [0.25, 0.3) is 0 Å². The quantitative estimate of drug-likeness (QED) is 0.444. The Kier molecular flexibility index (Phi) is 5.37. The summed E-state index contributed by atoms with van der Waals surface area (Å²) in [6.07, 6.45) is 3.82. The Morgan fingerprint density at radius 3 is 2.91 bits per heavy atom. The van der Waals surface area contributed by atoms with Gasteiger partial charge in [-0.25, -0.2) is 9.97 Å². The summed E-state index contributed by atoms with van der Waals surface area (Å²) in [4.78, 5) is 32.0. The molecule has 10 heteroatoms. The van der Waals surface area contributed by atoms with Crippen LogP contribution in [0.15, 0.2) is 42.0 Å². The van der Waals surface area contributed by atoms with Crippen LogP contribution in [0.2, 0.25) is 0 Å². The van der Waals surface area contributed by atoms with E-state index in [0.29, 0.717) is 19.1 Å². The maximum Gasteiger partial charge on any atom is 0.228 e. The summed E-state index contributed by atoms with van der Waals surface area (Å²) < 4.78 is 3.11. The zero-order valence-corrected chi connectivity index (χ0v) is 21.0. The second-order valence-corrected chi connectivity index (χ2v) is 10.9. The third-order valence-corrected chi connectivity index (χ3v) is 7.98. The fraction of sp³-hybridized carbons (Fsp3) is 0.440. The van der Waals surface area contributed by atoms with E-state index in [1.807, 2.05) is 48.8 Å². The molecule has 182 valence electrons. The first-order valence-corrected chi connectivity index (χ1v) is 13.0. The molecule has 1 unspecified atom stereocenters. The molecule has 1 amide bonds. The molecule has 2 aliphatic rings. The first-order valence-electron chi connectivity index (χ1n) is 12.1. The van der Waals surface area contributed by atoms with E-state index in [1.165, 1.54) is 0 Å². The molecule has 9 nitrogen and oxygen atoms in total. The maximum absolute atomic E-state index is 13.2. The van der Waals surface area contributed by atoms with E-state index in [2.05, 4.69) is 43.8 Å². The molecule has 0 saturated carbocycles. The van der Waals surface area contributed by atoms with Crippen LogP contribution in [0.25, 0.3) is 15.9 Å². The van der Waals surface area contributed by atoms with E-state index in [-0.39, 0.29) is 11.8 Å². The van der Waals surface area contributed by atoms with Crippen LogP contribution in [0.3, 0.4) is 0 Å². The monoisotopic (exact) mass is 490 g/mol. The Balaban J connectivity index is 1.19. The van der Waals surface area contributed by atoms with Gasteiger partial charge in [-0.2, -0.15) is 4.98 Å². The van der Waals surface area contributed by atoms with Gasteiger partial charge in [0.05, 0.1) is 33.6 Å². The SMILES string of the molecule is CC1CNCCN1c1nc(N2CC(C(=O)NC(C)(C)c3cnc4ccccn34)C2)c2sccc2n1. The molecule has 35 heavy (non-hydrogen) atoms. The second kappa shape index (κ2) is 8.46. The number of rotatable bonds is 5. The number of aromatic nitrogens is 4. The summed E-state index contributed by atoms with van der Waals surface area (Å²) in [5.74, 6) is 1.70. The molecular weight excluding hydrogens is 460 g/mol. The molecule has 2 saturated heterocycles. The number of fused-ring (bicyclic) bond motifs is 2. The minimum atomic E-state index is -0.542. The van der Waals surface area contributed by atoms with Gasteiger partial charge in [-0.15, -0.1) is 11.3 Å². The maximum atomic E-state index is 13.2. The Morgan fingerprint density at radius 2 is 2.09 bits per heavy atom. The third-order valence-electron chi connectivity index (χ3n) is 7.08. The van der Waals surface area contributed by atoms with Crippen LogP contribution in [0.5, 0.6) is 0 Å². The van der Waals surface area contributed by atoms with Crippen molar-refractivity contribution in [2.45, 2.75) is 32.4 Å². The molecule has 0 aromatic carbocycles. The van der Waals surface area contributed by atoms with Crippen LogP contribution < -0.4 is 20.4 Å². The van der Waals surface area contributed by atoms with Gasteiger partial charge in [0.2, 0.25) is 11.9 Å². The lowest BCUT2D eigenvalue weighted by Gasteiger charge is -2.41. The van der Waals surface area contributed by atoms with Crippen molar-refractivity contribution in [1.82, 2.24) is 30.0 Å². The van der Waals surface area contributed by atoms with Crippen LogP contribution in [0.4, 0.5) is 11.8 Å². The molecule has 2 N–H and O–H groups in total. The smallest absolute Gasteiger partial charge is 0.228 e. The molecular formula is C25H30N8OS. The van der Waals surface area contributed by atoms with E-state index in [1.54, 1.807) is 11.3 Å². The highest BCUT2D eigenvalue weighted by Gasteiger charge is 2.38. The van der Waals surface area contributed by atoms with Crippen molar-refractivity contribution in [2.24, 2.45) is 5.92 Å². The van der Waals surface area contributed by atoms with E-state index < -0.39 is 5.54 Å². The number of carbonyl (C=O) groups is 1. The highest BCUT2D eigenvalue weighted by molar-refractivity contribution is 7.17. The molecule has 0 spiro atoms. The Hall–Kier alpha value is -3.24. The number of carbonyl (C=O) groups excluding carboxylic acids is 1. The van der Waals surface area contributed by atoms with Crippen molar-refractivity contribution in [3.63, 3.8) is 0 Å². The van der Waals surface area contributed by atoms with E-state index >= 15 is 0 Å². The van der Waals surface area contributed by atoms with Gasteiger partial charge in [0.15, 0.2) is 5.82 Å². The van der Waals surface area contributed by atoms with Crippen molar-refractivity contribution >= 4 is 44.9 Å². The molecule has 6 rings (SSSR count). The lowest BCUT2D eigenvalue weighted by atomic mass is 9.95. The zero-order valence-electron chi connectivity index (χ0n) is 20.2. The highest BCUT2D eigenvalue weighted by Crippen LogP contribution is 2.35. The molecule has 0 bridgehead atoms. The largest absolute Gasteiger partial charge is 0.354 e. The van der Waals surface area contributed by atoms with Crippen LogP contribution in [-0.4, -0.2) is 64.0 Å². The Bertz CT molecular complexity index is 1390. The number of piperazine rings is 1. The van der Waals surface area contributed by atoms with Crippen molar-refractivity contribution in [3.05, 3.63) is 47.7 Å². The third kappa shape index (κ3) is 3.90. The first kappa shape index (κ1) is 22.2. The summed E-state index contributed by atoms with van der Waals surface area (Å²) >= 11 is 1.66. The lowest BCUT2D eigenvalue weighted by molar-refractivity contribution is -0.127. The average molecular weight is 491 g/mol. The van der Waals surface area contributed by atoms with Crippen LogP contribution in [0, 0.1) is 5.92 Å². The topological polar surface area (TPSA) is 90.7 Å². The first-order chi connectivity index (χ1) is 16.9. The number of pyridine rings is 1. The van der Waals surface area contributed by atoms with Gasteiger partial charge < -0.3 is 24.8 Å². The van der Waals surface area contributed by atoms with Gasteiger partial charge in [0, 0.05) is 45.0 Å². The zero-order chi connectivity index (χ0) is 24.2. The summed E-state index contributed by atoms with van der Waals surface area (Å²) in [5.41, 5.74) is 2.27. The fourth-order valence-electron chi connectivity index (χ4n) is 5.00. The minimum absolute atomic E-state index is 0.0598. The fourth-order valence-corrected chi connectivity index (χ4v) is 5.85. The highest BCUT2D eigenvalue weighted by atomic mass is 32.1. The van der Waals surface area contributed by atoms with Crippen molar-refractivity contribution in [1.29, 1.82) is 0 Å². The van der Waals surface area contributed by atoms with Crippen molar-refractivity contribution in [3.8, 4) is 0 Å². The van der Waals surface area contributed by atoms with E-state index in [4.69, 9.17) is 9.97 Å². The number of hydrogen-bond acceptors (Lipinski definition) is 8. The van der Waals surface area contributed by atoms with E-state index in [0.717, 1.165) is 53.0 Å². The molecule has 1 atom stereocenters. The molecule has 2 aliphatic heterocycles. The number of imidazole rings is 1. The van der Waals surface area contributed by atoms with Gasteiger partial charge >= 0.3 is 0 Å². The van der Waals surface area contributed by atoms with Crippen molar-refractivity contribution in [2.75, 3.05) is 42.5 Å². The van der Waals surface area contributed by atoms with Crippen LogP contribution >= 0.6 is 11.3 Å². The minimum Gasteiger partial charge on any atom is -0.354 e. The number of thiophene rings is 1. The summed E-state index contributed by atoms with van der Waals surface area (Å²) in [6, 6.07) is 8.30. The predicted octanol–water partition coefficient (Wildman–Crippen LogP) is 2.62. The average Bonchev–Trinajstić information content (AvgIpc) is 3.45. The van der Waals surface area contributed by atoms with Crippen LogP contribution in [0.1, 0.15) is 26.5 Å². The number of nitrogens with zero attached hydrogens (tertiary/aromatic N) is 6. The van der Waals surface area contributed by atoms with Gasteiger partial charge in [-0.05, 0) is 44.4 Å². The second-order valence-electron chi connectivity index (χ2n) is 10.0. The Morgan fingerprint density at radius 1 is 1.23 bits per heavy atom. The number of nitrogens with one attached hydrogen (secondary N) is 2. The normalized spacial score (nSPS) is 19.3. The molecule has 0 aliphatic carbocycles. The van der Waals surface area contributed by atoms with Gasteiger partial charge in [-0.3, -0.25) is 4.79 Å². The molecule has 2 fully saturated rings. The predicted molar refractivity (Wildman–Crippen MR) is 139 cm³/mol. The molecule has 6 heterocycles. The number of hydrogen-bond donors (Lipinski definition) is 2. The van der Waals surface area contributed by atoms with Crippen LogP contribution in [-0.2, 0) is 10.3 Å². The van der Waals surface area contributed by atoms with Gasteiger partial charge in [0.1, 0.15) is 5.65 Å². The summed E-state index contributed by atoms with van der Waals surface area (Å²) in [7, 11) is 0. The standard InChI is InChI=1S/C25H30N8OS/c1-16-12-26-8-10-32(16)24-28-18-7-11-35-21(18)22(29-24)31-14-17(15-31)23(34)30-25(2,3)19-13-27-20-6-4-5-9-33(19)20/h4-7,9,11,13,16-17,26H,8,10,12,14-15H2,1-3H3,(H,30,34). The molecule has 0 radical (unpaired) electrons. The molecule has 4 aromatic rings. The van der Waals surface area contributed by atoms with E-state index in [9.17, 15) is 4.79 Å². The lowest BCUT2D eigenvalue weighted by Crippen LogP contribution is -2.57. The Labute approximate surface area is 208 Å². The summed E-state index contributed by atoms with van der Waals surface area (Å²) in [6.45, 7) is 10.3. The number of amides is 1. The number of anilines is 2. The van der Waals surface area contributed by atoms with Crippen molar-refractivity contribution < 1.29 is 4.79 Å².